The number of carbonyl (C=O) groups excluding carboxylic acids is 1. The normalized spacial score (nSPS) is 12.0. The van der Waals surface area contributed by atoms with E-state index in [2.05, 4.69) is 15.9 Å². The average Bonchev–Trinajstić information content (AvgIpc) is 2.37. The smallest absolute Gasteiger partial charge is 0.326 e. The molecule has 1 aromatic rings. The molecule has 0 aromatic heterocycles. The quantitative estimate of drug-likeness (QED) is 0.792. The van der Waals surface area contributed by atoms with Gasteiger partial charge in [0.25, 0.3) is 0 Å². The number of thioether (sulfide) groups is 1. The number of carboxylic acids is 1. The first kappa shape index (κ1) is 17.0. The number of aliphatic carboxylic acids is 1. The summed E-state index contributed by atoms with van der Waals surface area (Å²) in [6.45, 7) is 3.74. The van der Waals surface area contributed by atoms with E-state index in [1.54, 1.807) is 14.0 Å². The number of hydrogen-bond donors (Lipinski definition) is 1. The van der Waals surface area contributed by atoms with Crippen LogP contribution in [0.2, 0.25) is 0 Å². The Kier molecular flexibility index (Phi) is 6.55. The molecule has 1 unspecified atom stereocenters. The van der Waals surface area contributed by atoms with Crippen LogP contribution in [-0.2, 0) is 9.59 Å². The Bertz CT molecular complexity index is 507. The lowest BCUT2D eigenvalue weighted by Gasteiger charge is -2.23. The number of amides is 1. The molecule has 0 fully saturated rings. The van der Waals surface area contributed by atoms with Crippen molar-refractivity contribution in [1.29, 1.82) is 0 Å². The van der Waals surface area contributed by atoms with Gasteiger partial charge in [-0.25, -0.2) is 4.79 Å². The predicted octanol–water partition coefficient (Wildman–Crippen LogP) is 3.17. The van der Waals surface area contributed by atoms with Crippen molar-refractivity contribution >= 4 is 39.6 Å². The first-order valence-electron chi connectivity index (χ1n) is 6.24. The zero-order chi connectivity index (χ0) is 15.3. The molecule has 1 aromatic carbocycles. The molecule has 1 N–H and O–H groups in total. The third-order valence-electron chi connectivity index (χ3n) is 3.02. The Morgan fingerprint density at radius 3 is 2.60 bits per heavy atom. The zero-order valence-corrected chi connectivity index (χ0v) is 14.1. The van der Waals surface area contributed by atoms with Gasteiger partial charge in [0.15, 0.2) is 0 Å². The Balaban J connectivity index is 2.65. The Morgan fingerprint density at radius 1 is 1.45 bits per heavy atom. The molecule has 0 aliphatic rings. The molecule has 0 spiro atoms. The highest BCUT2D eigenvalue weighted by Crippen LogP contribution is 2.25. The number of hydrogen-bond acceptors (Lipinski definition) is 3. The third-order valence-corrected chi connectivity index (χ3v) is 4.67. The lowest BCUT2D eigenvalue weighted by atomic mass is 10.2. The van der Waals surface area contributed by atoms with Crippen molar-refractivity contribution in [2.45, 2.75) is 31.2 Å². The van der Waals surface area contributed by atoms with Crippen LogP contribution in [0.15, 0.2) is 27.6 Å². The monoisotopic (exact) mass is 359 g/mol. The van der Waals surface area contributed by atoms with Gasteiger partial charge in [-0.1, -0.05) is 22.9 Å². The van der Waals surface area contributed by atoms with Crippen LogP contribution in [0.25, 0.3) is 0 Å². The summed E-state index contributed by atoms with van der Waals surface area (Å²) < 4.78 is 1.000. The van der Waals surface area contributed by atoms with Crippen molar-refractivity contribution in [2.75, 3.05) is 12.8 Å². The molecule has 20 heavy (non-hydrogen) atoms. The summed E-state index contributed by atoms with van der Waals surface area (Å²) in [5.74, 6) is -0.900. The summed E-state index contributed by atoms with van der Waals surface area (Å²) in [6, 6.07) is 5.11. The molecule has 4 nitrogen and oxygen atoms in total. The number of nitrogens with zero attached hydrogens (tertiary/aromatic N) is 1. The maximum atomic E-state index is 12.0. The number of halogens is 1. The fraction of sp³-hybridized carbons (Fsp3) is 0.429. The van der Waals surface area contributed by atoms with Crippen molar-refractivity contribution in [2.24, 2.45) is 0 Å². The molecule has 6 heteroatoms. The van der Waals surface area contributed by atoms with Crippen molar-refractivity contribution in [1.82, 2.24) is 4.90 Å². The van der Waals surface area contributed by atoms with Gasteiger partial charge in [0.1, 0.15) is 6.04 Å². The number of carboxylic acid groups (broad SMARTS) is 1. The number of carbonyl (C=O) groups is 2. The zero-order valence-electron chi connectivity index (χ0n) is 11.7. The fourth-order valence-corrected chi connectivity index (χ4v) is 3.21. The van der Waals surface area contributed by atoms with Crippen LogP contribution < -0.4 is 0 Å². The van der Waals surface area contributed by atoms with E-state index in [1.165, 1.54) is 16.7 Å². The molecule has 0 bridgehead atoms. The molecular formula is C14H18BrNO3S. The number of rotatable bonds is 6. The van der Waals surface area contributed by atoms with Gasteiger partial charge in [0, 0.05) is 16.4 Å². The highest BCUT2D eigenvalue weighted by molar-refractivity contribution is 9.10. The second-order valence-electron chi connectivity index (χ2n) is 4.47. The number of aryl methyl sites for hydroxylation is 1. The second-order valence-corrected chi connectivity index (χ2v) is 6.40. The largest absolute Gasteiger partial charge is 0.480 e. The number of benzene rings is 1. The van der Waals surface area contributed by atoms with Crippen LogP contribution in [0, 0.1) is 6.92 Å². The van der Waals surface area contributed by atoms with Gasteiger partial charge >= 0.3 is 5.97 Å². The van der Waals surface area contributed by atoms with Crippen LogP contribution in [0.3, 0.4) is 0 Å². The van der Waals surface area contributed by atoms with Gasteiger partial charge in [0.05, 0.1) is 5.75 Å². The van der Waals surface area contributed by atoms with Gasteiger partial charge in [0.2, 0.25) is 5.91 Å². The minimum atomic E-state index is -0.965. The van der Waals surface area contributed by atoms with Crippen LogP contribution in [-0.4, -0.2) is 40.7 Å². The fourth-order valence-electron chi connectivity index (χ4n) is 1.80. The van der Waals surface area contributed by atoms with E-state index < -0.39 is 12.0 Å². The van der Waals surface area contributed by atoms with Crippen LogP contribution in [0.5, 0.6) is 0 Å². The Hall–Kier alpha value is -1.01. The topological polar surface area (TPSA) is 57.6 Å². The average molecular weight is 360 g/mol. The van der Waals surface area contributed by atoms with E-state index in [1.807, 2.05) is 25.1 Å². The van der Waals surface area contributed by atoms with Gasteiger partial charge in [-0.05, 0) is 37.1 Å². The minimum Gasteiger partial charge on any atom is -0.480 e. The molecule has 0 saturated carbocycles. The SMILES string of the molecule is CCC(C(=O)O)N(C)C(=O)CSc1ccc(Br)cc1C. The number of likely N-dealkylation sites (N-methyl/N-ethyl adjacent to an activating group) is 1. The summed E-state index contributed by atoms with van der Waals surface area (Å²) in [5, 5.41) is 9.05. The molecule has 0 saturated heterocycles. The maximum absolute atomic E-state index is 12.0. The van der Waals surface area contributed by atoms with E-state index in [9.17, 15) is 9.59 Å². The van der Waals surface area contributed by atoms with Crippen LogP contribution >= 0.6 is 27.7 Å². The molecule has 1 amide bonds. The van der Waals surface area contributed by atoms with E-state index >= 15 is 0 Å². The van der Waals surface area contributed by atoms with Gasteiger partial charge < -0.3 is 10.0 Å². The summed E-state index contributed by atoms with van der Waals surface area (Å²) in [4.78, 5) is 25.4. The lowest BCUT2D eigenvalue weighted by Crippen LogP contribution is -2.42. The minimum absolute atomic E-state index is 0.174. The van der Waals surface area contributed by atoms with Crippen molar-refractivity contribution < 1.29 is 14.7 Å². The molecule has 110 valence electrons. The van der Waals surface area contributed by atoms with E-state index in [0.29, 0.717) is 6.42 Å². The molecule has 0 aliphatic heterocycles. The van der Waals surface area contributed by atoms with Gasteiger partial charge in [-0.3, -0.25) is 4.79 Å². The summed E-state index contributed by atoms with van der Waals surface area (Å²) in [7, 11) is 1.54. The summed E-state index contributed by atoms with van der Waals surface area (Å²) in [5.41, 5.74) is 1.09. The van der Waals surface area contributed by atoms with Gasteiger partial charge in [-0.15, -0.1) is 11.8 Å². The molecular weight excluding hydrogens is 342 g/mol. The van der Waals surface area contributed by atoms with Crippen LogP contribution in [0.4, 0.5) is 0 Å². The first-order chi connectivity index (χ1) is 9.36. The van der Waals surface area contributed by atoms with Crippen molar-refractivity contribution in [3.05, 3.63) is 28.2 Å². The Morgan fingerprint density at radius 2 is 2.10 bits per heavy atom. The summed E-state index contributed by atoms with van der Waals surface area (Å²) in [6.07, 6.45) is 0.402. The van der Waals surface area contributed by atoms with E-state index in [0.717, 1.165) is 14.9 Å². The molecule has 0 heterocycles. The Labute approximate surface area is 131 Å². The highest BCUT2D eigenvalue weighted by Gasteiger charge is 2.24. The van der Waals surface area contributed by atoms with Crippen LogP contribution in [0.1, 0.15) is 18.9 Å². The van der Waals surface area contributed by atoms with Crippen molar-refractivity contribution in [3.63, 3.8) is 0 Å². The molecule has 1 atom stereocenters. The molecule has 0 aliphatic carbocycles. The third kappa shape index (κ3) is 4.52. The molecule has 0 radical (unpaired) electrons. The highest BCUT2D eigenvalue weighted by atomic mass is 79.9. The van der Waals surface area contributed by atoms with Crippen molar-refractivity contribution in [3.8, 4) is 0 Å². The van der Waals surface area contributed by atoms with E-state index in [-0.39, 0.29) is 11.7 Å². The molecule has 1 rings (SSSR count). The van der Waals surface area contributed by atoms with Gasteiger partial charge in [-0.2, -0.15) is 0 Å². The lowest BCUT2D eigenvalue weighted by molar-refractivity contribution is -0.148. The van der Waals surface area contributed by atoms with E-state index in [4.69, 9.17) is 5.11 Å². The predicted molar refractivity (Wildman–Crippen MR) is 84.1 cm³/mol. The second kappa shape index (κ2) is 7.69. The maximum Gasteiger partial charge on any atom is 0.326 e. The summed E-state index contributed by atoms with van der Waals surface area (Å²) >= 11 is 4.82. The standard InChI is InChI=1S/C14H18BrNO3S/c1-4-11(14(18)19)16(3)13(17)8-20-12-6-5-10(15)7-9(12)2/h5-7,11H,4,8H2,1-3H3,(H,18,19). The first-order valence-corrected chi connectivity index (χ1v) is 8.02.